The molecule has 15 heavy (non-hydrogen) atoms. The highest BCUT2D eigenvalue weighted by molar-refractivity contribution is 5.82. The molecule has 0 aromatic heterocycles. The van der Waals surface area contributed by atoms with Crippen molar-refractivity contribution in [1.82, 2.24) is 5.32 Å². The Bertz CT molecular complexity index is 241. The fourth-order valence-electron chi connectivity index (χ4n) is 1.03. The SMILES string of the molecule is CC(C)C(CC(=O)O)NC(=O)C(C)(C)C. The van der Waals surface area contributed by atoms with E-state index in [2.05, 4.69) is 5.32 Å². The minimum absolute atomic E-state index is 0.0283. The fraction of sp³-hybridized carbons (Fsp3) is 0.818. The Hall–Kier alpha value is -1.06. The molecule has 0 saturated carbocycles. The van der Waals surface area contributed by atoms with Crippen molar-refractivity contribution in [3.8, 4) is 0 Å². The topological polar surface area (TPSA) is 66.4 Å². The Kier molecular flexibility index (Phi) is 4.78. The molecule has 0 rings (SSSR count). The predicted octanol–water partition coefficient (Wildman–Crippen LogP) is 1.65. The second kappa shape index (κ2) is 5.14. The molecule has 1 atom stereocenters. The van der Waals surface area contributed by atoms with Crippen molar-refractivity contribution in [2.24, 2.45) is 11.3 Å². The lowest BCUT2D eigenvalue weighted by Crippen LogP contribution is -2.45. The third kappa shape index (κ3) is 5.40. The number of carbonyl (C=O) groups is 2. The zero-order valence-electron chi connectivity index (χ0n) is 10.1. The van der Waals surface area contributed by atoms with Gasteiger partial charge in [0.05, 0.1) is 6.42 Å². The highest BCUT2D eigenvalue weighted by Crippen LogP contribution is 2.15. The molecule has 0 spiro atoms. The van der Waals surface area contributed by atoms with Crippen LogP contribution in [0.15, 0.2) is 0 Å². The van der Waals surface area contributed by atoms with Crippen molar-refractivity contribution in [2.75, 3.05) is 0 Å². The van der Waals surface area contributed by atoms with Gasteiger partial charge in [-0.25, -0.2) is 0 Å². The van der Waals surface area contributed by atoms with Crippen LogP contribution in [0.2, 0.25) is 0 Å². The molecule has 0 aromatic rings. The highest BCUT2D eigenvalue weighted by Gasteiger charge is 2.26. The van der Waals surface area contributed by atoms with Gasteiger partial charge in [0, 0.05) is 11.5 Å². The highest BCUT2D eigenvalue weighted by atomic mass is 16.4. The molecule has 0 fully saturated rings. The van der Waals surface area contributed by atoms with E-state index in [1.54, 1.807) is 20.8 Å². The van der Waals surface area contributed by atoms with Gasteiger partial charge in [0.15, 0.2) is 0 Å². The van der Waals surface area contributed by atoms with Gasteiger partial charge in [-0.05, 0) is 5.92 Å². The Morgan fingerprint density at radius 1 is 1.27 bits per heavy atom. The normalized spacial score (nSPS) is 13.7. The van der Waals surface area contributed by atoms with E-state index in [0.717, 1.165) is 0 Å². The summed E-state index contributed by atoms with van der Waals surface area (Å²) in [5, 5.41) is 11.5. The molecular formula is C11H21NO3. The van der Waals surface area contributed by atoms with E-state index in [0.29, 0.717) is 0 Å². The summed E-state index contributed by atoms with van der Waals surface area (Å²) in [6.07, 6.45) is -0.0283. The average Bonchev–Trinajstić information content (AvgIpc) is 1.99. The van der Waals surface area contributed by atoms with Crippen LogP contribution < -0.4 is 5.32 Å². The molecule has 0 aliphatic carbocycles. The molecule has 88 valence electrons. The number of amides is 1. The van der Waals surface area contributed by atoms with Crippen LogP contribution in [-0.2, 0) is 9.59 Å². The Balaban J connectivity index is 4.42. The molecule has 4 heteroatoms. The molecule has 0 bridgehead atoms. The van der Waals surface area contributed by atoms with Gasteiger partial charge < -0.3 is 10.4 Å². The standard InChI is InChI=1S/C11H21NO3/c1-7(2)8(6-9(13)14)12-10(15)11(3,4)5/h7-8H,6H2,1-5H3,(H,12,15)(H,13,14). The monoisotopic (exact) mass is 215 g/mol. The van der Waals surface area contributed by atoms with Gasteiger partial charge in [-0.2, -0.15) is 0 Å². The summed E-state index contributed by atoms with van der Waals surface area (Å²) in [6.45, 7) is 9.22. The quantitative estimate of drug-likeness (QED) is 0.749. The van der Waals surface area contributed by atoms with Gasteiger partial charge in [-0.15, -0.1) is 0 Å². The van der Waals surface area contributed by atoms with Crippen LogP contribution in [0.25, 0.3) is 0 Å². The molecular weight excluding hydrogens is 194 g/mol. The van der Waals surface area contributed by atoms with Crippen molar-refractivity contribution in [3.05, 3.63) is 0 Å². The molecule has 0 heterocycles. The Labute approximate surface area is 91.1 Å². The maximum atomic E-state index is 11.7. The fourth-order valence-corrected chi connectivity index (χ4v) is 1.03. The zero-order valence-corrected chi connectivity index (χ0v) is 10.1. The Morgan fingerprint density at radius 3 is 2.00 bits per heavy atom. The van der Waals surface area contributed by atoms with E-state index >= 15 is 0 Å². The van der Waals surface area contributed by atoms with Gasteiger partial charge in [-0.3, -0.25) is 9.59 Å². The molecule has 1 amide bonds. The molecule has 0 radical (unpaired) electrons. The summed E-state index contributed by atoms with van der Waals surface area (Å²) >= 11 is 0. The zero-order chi connectivity index (χ0) is 12.2. The van der Waals surface area contributed by atoms with E-state index in [1.165, 1.54) is 0 Å². The maximum absolute atomic E-state index is 11.7. The predicted molar refractivity (Wildman–Crippen MR) is 58.5 cm³/mol. The van der Waals surface area contributed by atoms with Crippen LogP contribution >= 0.6 is 0 Å². The first-order chi connectivity index (χ1) is 6.64. The van der Waals surface area contributed by atoms with E-state index in [9.17, 15) is 9.59 Å². The summed E-state index contributed by atoms with van der Waals surface area (Å²) in [7, 11) is 0. The van der Waals surface area contributed by atoms with Gasteiger partial charge in [0.2, 0.25) is 5.91 Å². The molecule has 0 aliphatic heterocycles. The Morgan fingerprint density at radius 2 is 1.73 bits per heavy atom. The number of hydrogen-bond acceptors (Lipinski definition) is 2. The average molecular weight is 215 g/mol. The van der Waals surface area contributed by atoms with Crippen LogP contribution in [0, 0.1) is 11.3 Å². The van der Waals surface area contributed by atoms with Crippen molar-refractivity contribution in [1.29, 1.82) is 0 Å². The summed E-state index contributed by atoms with van der Waals surface area (Å²) in [5.74, 6) is -0.877. The first-order valence-corrected chi connectivity index (χ1v) is 5.17. The summed E-state index contributed by atoms with van der Waals surface area (Å²) in [4.78, 5) is 22.3. The molecule has 0 saturated heterocycles. The first kappa shape index (κ1) is 13.9. The lowest BCUT2D eigenvalue weighted by atomic mass is 9.93. The number of rotatable bonds is 4. The van der Waals surface area contributed by atoms with Gasteiger partial charge in [0.25, 0.3) is 0 Å². The summed E-state index contributed by atoms with van der Waals surface area (Å²) < 4.78 is 0. The van der Waals surface area contributed by atoms with Crippen molar-refractivity contribution in [3.63, 3.8) is 0 Å². The van der Waals surface area contributed by atoms with Gasteiger partial charge in [-0.1, -0.05) is 34.6 Å². The largest absolute Gasteiger partial charge is 0.481 e. The van der Waals surface area contributed by atoms with Crippen molar-refractivity contribution < 1.29 is 14.7 Å². The number of nitrogens with one attached hydrogen (secondary N) is 1. The summed E-state index contributed by atoms with van der Waals surface area (Å²) in [6, 6.07) is -0.297. The van der Waals surface area contributed by atoms with Crippen LogP contribution in [0.4, 0.5) is 0 Å². The van der Waals surface area contributed by atoms with Crippen LogP contribution in [0.3, 0.4) is 0 Å². The van der Waals surface area contributed by atoms with Gasteiger partial charge in [0.1, 0.15) is 0 Å². The van der Waals surface area contributed by atoms with E-state index < -0.39 is 11.4 Å². The second-order valence-corrected chi connectivity index (χ2v) is 5.17. The number of hydrogen-bond donors (Lipinski definition) is 2. The molecule has 1 unspecified atom stereocenters. The molecule has 0 aliphatic rings. The van der Waals surface area contributed by atoms with Crippen LogP contribution in [0.5, 0.6) is 0 Å². The molecule has 4 nitrogen and oxygen atoms in total. The molecule has 0 aromatic carbocycles. The van der Waals surface area contributed by atoms with Crippen LogP contribution in [-0.4, -0.2) is 23.0 Å². The van der Waals surface area contributed by atoms with E-state index in [-0.39, 0.29) is 24.3 Å². The number of carbonyl (C=O) groups excluding carboxylic acids is 1. The molecule has 2 N–H and O–H groups in total. The van der Waals surface area contributed by atoms with E-state index in [1.807, 2.05) is 13.8 Å². The lowest BCUT2D eigenvalue weighted by molar-refractivity contribution is -0.138. The maximum Gasteiger partial charge on any atom is 0.305 e. The number of carboxylic acids is 1. The van der Waals surface area contributed by atoms with Gasteiger partial charge >= 0.3 is 5.97 Å². The number of aliphatic carboxylic acids is 1. The third-order valence-corrected chi connectivity index (χ3v) is 2.20. The first-order valence-electron chi connectivity index (χ1n) is 5.17. The number of carboxylic acid groups (broad SMARTS) is 1. The minimum atomic E-state index is -0.886. The lowest BCUT2D eigenvalue weighted by Gasteiger charge is -2.25. The van der Waals surface area contributed by atoms with Crippen molar-refractivity contribution >= 4 is 11.9 Å². The summed E-state index contributed by atoms with van der Waals surface area (Å²) in [5.41, 5.74) is -0.481. The minimum Gasteiger partial charge on any atom is -0.481 e. The smallest absolute Gasteiger partial charge is 0.305 e. The van der Waals surface area contributed by atoms with Crippen LogP contribution in [0.1, 0.15) is 41.0 Å². The third-order valence-electron chi connectivity index (χ3n) is 2.20. The van der Waals surface area contributed by atoms with E-state index in [4.69, 9.17) is 5.11 Å². The second-order valence-electron chi connectivity index (χ2n) is 5.17. The van der Waals surface area contributed by atoms with Crippen molar-refractivity contribution in [2.45, 2.75) is 47.1 Å².